The fourth-order valence-electron chi connectivity index (χ4n) is 11.4. The normalized spacial score (nSPS) is 12.7. The van der Waals surface area contributed by atoms with Gasteiger partial charge in [-0.3, -0.25) is 0 Å². The van der Waals surface area contributed by atoms with Crippen LogP contribution in [0.25, 0.3) is 86.6 Å². The van der Waals surface area contributed by atoms with Crippen LogP contribution in [-0.4, -0.2) is 0 Å². The molecule has 0 radical (unpaired) electrons. The molecule has 1 aliphatic carbocycles. The minimum Gasteiger partial charge on any atom is -0.455 e. The van der Waals surface area contributed by atoms with Gasteiger partial charge >= 0.3 is 0 Å². The van der Waals surface area contributed by atoms with Gasteiger partial charge in [0.05, 0.1) is 11.1 Å². The van der Waals surface area contributed by atoms with Gasteiger partial charge in [-0.1, -0.05) is 206 Å². The standard InChI is InChI=1S/C67H43NOS/c1-3-15-49(16-4-1)67(50-17-5-2-6-18-50)59-24-10-7-21-57(59)65-60(67)25-14-26-61(65)68(52-40-35-46(36-41-52)48-37-42-64-58(43-48)55-20-9-12-28-63(55)70-64)51-38-33-45(34-39-51)44-29-31-47(32-30-44)53-22-13-23-56-54-19-8-11-27-62(54)69-66(53)56/h1-43H. The smallest absolute Gasteiger partial charge is 0.143 e. The Bertz CT molecular complexity index is 4050. The molecule has 11 aromatic carbocycles. The van der Waals surface area contributed by atoms with Gasteiger partial charge in [0.15, 0.2) is 0 Å². The molecule has 1 aliphatic rings. The molecule has 0 bridgehead atoms. The van der Waals surface area contributed by atoms with Crippen molar-refractivity contribution in [3.63, 3.8) is 0 Å². The van der Waals surface area contributed by atoms with Crippen molar-refractivity contribution in [1.29, 1.82) is 0 Å². The summed E-state index contributed by atoms with van der Waals surface area (Å²) in [6.45, 7) is 0. The molecule has 0 amide bonds. The van der Waals surface area contributed by atoms with E-state index in [0.29, 0.717) is 0 Å². The van der Waals surface area contributed by atoms with Gasteiger partial charge in [-0.25, -0.2) is 0 Å². The summed E-state index contributed by atoms with van der Waals surface area (Å²) >= 11 is 1.86. The molecular weight excluding hydrogens is 867 g/mol. The number of rotatable bonds is 8. The summed E-state index contributed by atoms with van der Waals surface area (Å²) < 4.78 is 9.05. The first-order valence-electron chi connectivity index (χ1n) is 24.0. The van der Waals surface area contributed by atoms with Crippen LogP contribution in [0, 0.1) is 0 Å². The van der Waals surface area contributed by atoms with Gasteiger partial charge in [-0.15, -0.1) is 11.3 Å². The molecule has 70 heavy (non-hydrogen) atoms. The quantitative estimate of drug-likeness (QED) is 0.151. The molecule has 13 aromatic rings. The van der Waals surface area contributed by atoms with Gasteiger partial charge in [0.25, 0.3) is 0 Å². The highest BCUT2D eigenvalue weighted by atomic mass is 32.1. The number of hydrogen-bond donors (Lipinski definition) is 0. The fourth-order valence-corrected chi connectivity index (χ4v) is 12.5. The number of hydrogen-bond acceptors (Lipinski definition) is 3. The third-order valence-corrected chi connectivity index (χ3v) is 15.7. The molecule has 328 valence electrons. The number of anilines is 3. The molecule has 0 atom stereocenters. The van der Waals surface area contributed by atoms with Crippen LogP contribution in [0.2, 0.25) is 0 Å². The SMILES string of the molecule is c1ccc(C2(c3ccccc3)c3ccccc3-c3c(N(c4ccc(-c5ccc(-c6cccc7c6oc6ccccc67)cc5)cc4)c4ccc(-c5ccc6sc7ccccc7c6c5)cc4)cccc32)cc1. The van der Waals surface area contributed by atoms with E-state index < -0.39 is 5.41 Å². The van der Waals surface area contributed by atoms with E-state index in [1.807, 2.05) is 23.5 Å². The van der Waals surface area contributed by atoms with Crippen LogP contribution in [0.1, 0.15) is 22.3 Å². The predicted molar refractivity (Wildman–Crippen MR) is 295 cm³/mol. The molecule has 3 heteroatoms. The lowest BCUT2D eigenvalue weighted by atomic mass is 9.68. The third kappa shape index (κ3) is 6.25. The minimum atomic E-state index is -0.517. The van der Waals surface area contributed by atoms with E-state index in [4.69, 9.17) is 4.42 Å². The van der Waals surface area contributed by atoms with E-state index in [1.54, 1.807) is 0 Å². The average molecular weight is 910 g/mol. The van der Waals surface area contributed by atoms with Crippen molar-refractivity contribution >= 4 is 70.5 Å². The lowest BCUT2D eigenvalue weighted by Gasteiger charge is -2.34. The molecule has 0 unspecified atom stereocenters. The van der Waals surface area contributed by atoms with Gasteiger partial charge in [0.1, 0.15) is 11.2 Å². The molecule has 2 nitrogen and oxygen atoms in total. The van der Waals surface area contributed by atoms with Crippen LogP contribution >= 0.6 is 11.3 Å². The maximum Gasteiger partial charge on any atom is 0.143 e. The lowest BCUT2D eigenvalue weighted by Crippen LogP contribution is -2.28. The Balaban J connectivity index is 0.903. The van der Waals surface area contributed by atoms with Crippen molar-refractivity contribution in [2.75, 3.05) is 4.90 Å². The van der Waals surface area contributed by atoms with Crippen molar-refractivity contribution in [1.82, 2.24) is 0 Å². The van der Waals surface area contributed by atoms with Crippen LogP contribution in [0.5, 0.6) is 0 Å². The summed E-state index contributed by atoms with van der Waals surface area (Å²) in [5, 5.41) is 4.90. The number of fused-ring (bicyclic) bond motifs is 9. The zero-order valence-electron chi connectivity index (χ0n) is 38.1. The fraction of sp³-hybridized carbons (Fsp3) is 0.0149. The van der Waals surface area contributed by atoms with E-state index >= 15 is 0 Å². The Labute approximate surface area is 410 Å². The summed E-state index contributed by atoms with van der Waals surface area (Å²) in [5.41, 5.74) is 19.1. The second-order valence-corrected chi connectivity index (χ2v) is 19.4. The van der Waals surface area contributed by atoms with Gasteiger partial charge in [0, 0.05) is 53.4 Å². The van der Waals surface area contributed by atoms with Crippen molar-refractivity contribution in [3.05, 3.63) is 283 Å². The Hall–Kier alpha value is -8.76. The molecule has 0 aliphatic heterocycles. The summed E-state index contributed by atoms with van der Waals surface area (Å²) in [7, 11) is 0. The van der Waals surface area contributed by atoms with Crippen LogP contribution in [0.3, 0.4) is 0 Å². The lowest BCUT2D eigenvalue weighted by molar-refractivity contribution is 0.670. The van der Waals surface area contributed by atoms with Crippen molar-refractivity contribution in [3.8, 4) is 44.5 Å². The molecule has 0 N–H and O–H groups in total. The van der Waals surface area contributed by atoms with Crippen LogP contribution in [0.15, 0.2) is 265 Å². The molecule has 0 spiro atoms. The van der Waals surface area contributed by atoms with Crippen molar-refractivity contribution in [2.24, 2.45) is 0 Å². The van der Waals surface area contributed by atoms with E-state index in [-0.39, 0.29) is 0 Å². The van der Waals surface area contributed by atoms with Gasteiger partial charge in [0.2, 0.25) is 0 Å². The van der Waals surface area contributed by atoms with Gasteiger partial charge in [-0.05, 0) is 110 Å². The second kappa shape index (κ2) is 16.2. The first-order valence-corrected chi connectivity index (χ1v) is 24.8. The maximum absolute atomic E-state index is 6.42. The Morgan fingerprint density at radius 2 is 0.857 bits per heavy atom. The first kappa shape index (κ1) is 40.3. The summed E-state index contributed by atoms with van der Waals surface area (Å²) in [6.07, 6.45) is 0. The van der Waals surface area contributed by atoms with E-state index in [9.17, 15) is 0 Å². The van der Waals surface area contributed by atoms with Gasteiger partial charge < -0.3 is 9.32 Å². The number of thiophene rings is 1. The number of para-hydroxylation sites is 2. The first-order chi connectivity index (χ1) is 34.7. The Kier molecular flexibility index (Phi) is 9.33. The molecule has 2 heterocycles. The van der Waals surface area contributed by atoms with E-state index in [2.05, 4.69) is 254 Å². The largest absolute Gasteiger partial charge is 0.455 e. The van der Waals surface area contributed by atoms with Gasteiger partial charge in [-0.2, -0.15) is 0 Å². The van der Waals surface area contributed by atoms with Crippen LogP contribution in [-0.2, 0) is 5.41 Å². The highest BCUT2D eigenvalue weighted by molar-refractivity contribution is 7.25. The highest BCUT2D eigenvalue weighted by Gasteiger charge is 2.47. The number of nitrogens with zero attached hydrogens (tertiary/aromatic N) is 1. The van der Waals surface area contributed by atoms with Crippen molar-refractivity contribution in [2.45, 2.75) is 5.41 Å². The minimum absolute atomic E-state index is 0.517. The molecule has 2 aromatic heterocycles. The maximum atomic E-state index is 6.42. The molecule has 0 saturated carbocycles. The number of benzene rings is 11. The highest BCUT2D eigenvalue weighted by Crippen LogP contribution is 2.59. The zero-order chi connectivity index (χ0) is 46.2. The zero-order valence-corrected chi connectivity index (χ0v) is 38.9. The summed E-state index contributed by atoms with van der Waals surface area (Å²) in [6, 6.07) is 95.6. The molecule has 0 fully saturated rings. The second-order valence-electron chi connectivity index (χ2n) is 18.3. The van der Waals surface area contributed by atoms with Crippen LogP contribution in [0.4, 0.5) is 17.1 Å². The van der Waals surface area contributed by atoms with E-state index in [0.717, 1.165) is 61.3 Å². The van der Waals surface area contributed by atoms with Crippen molar-refractivity contribution < 1.29 is 4.42 Å². The molecule has 0 saturated heterocycles. The van der Waals surface area contributed by atoms with E-state index in [1.165, 1.54) is 64.7 Å². The number of furan rings is 1. The molecule has 14 rings (SSSR count). The predicted octanol–water partition coefficient (Wildman–Crippen LogP) is 18.8. The molecular formula is C67H43NOS. The third-order valence-electron chi connectivity index (χ3n) is 14.6. The monoisotopic (exact) mass is 909 g/mol. The Morgan fingerprint density at radius 3 is 1.59 bits per heavy atom. The summed E-state index contributed by atoms with van der Waals surface area (Å²) in [4.78, 5) is 2.46. The topological polar surface area (TPSA) is 16.4 Å². The average Bonchev–Trinajstić information content (AvgIpc) is 4.11. The van der Waals surface area contributed by atoms with Crippen LogP contribution < -0.4 is 4.90 Å². The summed E-state index contributed by atoms with van der Waals surface area (Å²) in [5.74, 6) is 0. The Morgan fingerprint density at radius 1 is 0.343 bits per heavy atom.